The first kappa shape index (κ1) is 11.7. The Labute approximate surface area is 90.1 Å². The number of nitrogens with zero attached hydrogens (tertiary/aromatic N) is 3. The van der Waals surface area contributed by atoms with Gasteiger partial charge >= 0.3 is 0 Å². The van der Waals surface area contributed by atoms with Gasteiger partial charge in [0.1, 0.15) is 6.54 Å². The third kappa shape index (κ3) is 4.12. The molecule has 0 aliphatic rings. The molecule has 1 aromatic rings. The van der Waals surface area contributed by atoms with Gasteiger partial charge in [-0.25, -0.2) is 0 Å². The molecular weight excluding hydrogens is 192 g/mol. The Morgan fingerprint density at radius 3 is 2.87 bits per heavy atom. The summed E-state index contributed by atoms with van der Waals surface area (Å²) in [5, 5.41) is 6.88. The van der Waals surface area contributed by atoms with Crippen LogP contribution in [0.25, 0.3) is 0 Å². The Kier molecular flexibility index (Phi) is 4.30. The molecule has 5 nitrogen and oxygen atoms in total. The van der Waals surface area contributed by atoms with Crippen LogP contribution < -0.4 is 5.32 Å². The van der Waals surface area contributed by atoms with Gasteiger partial charge in [-0.3, -0.25) is 9.48 Å². The van der Waals surface area contributed by atoms with Crippen LogP contribution in [0.5, 0.6) is 0 Å². The lowest BCUT2D eigenvalue weighted by Crippen LogP contribution is -2.33. The highest BCUT2D eigenvalue weighted by Gasteiger charge is 2.04. The molecule has 0 aromatic carbocycles. The summed E-state index contributed by atoms with van der Waals surface area (Å²) in [6.07, 6.45) is 1.70. The van der Waals surface area contributed by atoms with E-state index in [4.69, 9.17) is 0 Å². The lowest BCUT2D eigenvalue weighted by molar-refractivity contribution is -0.121. The number of carbonyl (C=O) groups is 1. The molecule has 0 aliphatic heterocycles. The molecule has 0 aliphatic carbocycles. The topological polar surface area (TPSA) is 50.2 Å². The number of likely N-dealkylation sites (N-methyl/N-ethyl adjacent to an activating group) is 1. The Bertz CT molecular complexity index is 319. The van der Waals surface area contributed by atoms with Crippen molar-refractivity contribution in [2.75, 3.05) is 27.2 Å². The maximum atomic E-state index is 11.5. The van der Waals surface area contributed by atoms with E-state index >= 15 is 0 Å². The van der Waals surface area contributed by atoms with E-state index in [1.54, 1.807) is 10.9 Å². The third-order valence-corrected chi connectivity index (χ3v) is 2.10. The van der Waals surface area contributed by atoms with E-state index in [1.807, 2.05) is 32.0 Å². The molecule has 1 heterocycles. The molecule has 0 saturated heterocycles. The largest absolute Gasteiger partial charge is 0.353 e. The maximum Gasteiger partial charge on any atom is 0.241 e. The van der Waals surface area contributed by atoms with Crippen LogP contribution in [0.4, 0.5) is 0 Å². The molecule has 0 unspecified atom stereocenters. The summed E-state index contributed by atoms with van der Waals surface area (Å²) < 4.78 is 1.69. The molecule has 5 heteroatoms. The van der Waals surface area contributed by atoms with Crippen LogP contribution in [0.1, 0.15) is 5.69 Å². The van der Waals surface area contributed by atoms with E-state index in [1.165, 1.54) is 0 Å². The van der Waals surface area contributed by atoms with Crippen molar-refractivity contribution in [1.29, 1.82) is 0 Å². The van der Waals surface area contributed by atoms with Crippen molar-refractivity contribution in [3.63, 3.8) is 0 Å². The SMILES string of the molecule is Cc1ccnn1CC(=O)NCCN(C)C. The second kappa shape index (κ2) is 5.50. The van der Waals surface area contributed by atoms with Crippen molar-refractivity contribution in [3.05, 3.63) is 18.0 Å². The number of aromatic nitrogens is 2. The van der Waals surface area contributed by atoms with Gasteiger partial charge in [-0.15, -0.1) is 0 Å². The van der Waals surface area contributed by atoms with Crippen molar-refractivity contribution in [2.45, 2.75) is 13.5 Å². The van der Waals surface area contributed by atoms with Crippen LogP contribution in [-0.2, 0) is 11.3 Å². The molecule has 1 N–H and O–H groups in total. The third-order valence-electron chi connectivity index (χ3n) is 2.10. The van der Waals surface area contributed by atoms with Gasteiger partial charge in [0.05, 0.1) is 0 Å². The fourth-order valence-corrected chi connectivity index (χ4v) is 1.18. The highest BCUT2D eigenvalue weighted by molar-refractivity contribution is 5.75. The number of hydrogen-bond acceptors (Lipinski definition) is 3. The zero-order chi connectivity index (χ0) is 11.3. The molecule has 15 heavy (non-hydrogen) atoms. The Morgan fingerprint density at radius 1 is 1.60 bits per heavy atom. The molecule has 1 rings (SSSR count). The van der Waals surface area contributed by atoms with Gasteiger partial charge in [0.2, 0.25) is 5.91 Å². The Hall–Kier alpha value is -1.36. The first-order chi connectivity index (χ1) is 7.09. The lowest BCUT2D eigenvalue weighted by atomic mass is 10.4. The predicted octanol–water partition coefficient (Wildman–Crippen LogP) is -0.131. The zero-order valence-corrected chi connectivity index (χ0v) is 9.53. The molecule has 0 bridgehead atoms. The Morgan fingerprint density at radius 2 is 2.33 bits per heavy atom. The molecule has 0 radical (unpaired) electrons. The van der Waals surface area contributed by atoms with Gasteiger partial charge in [0, 0.05) is 25.0 Å². The number of nitrogens with one attached hydrogen (secondary N) is 1. The average Bonchev–Trinajstić information content (AvgIpc) is 2.51. The van der Waals surface area contributed by atoms with Gasteiger partial charge < -0.3 is 10.2 Å². The first-order valence-electron chi connectivity index (χ1n) is 4.99. The van der Waals surface area contributed by atoms with Crippen LogP contribution in [0.2, 0.25) is 0 Å². The fourth-order valence-electron chi connectivity index (χ4n) is 1.18. The highest BCUT2D eigenvalue weighted by Crippen LogP contribution is 1.94. The van der Waals surface area contributed by atoms with Crippen molar-refractivity contribution in [2.24, 2.45) is 0 Å². The molecule has 0 fully saturated rings. The summed E-state index contributed by atoms with van der Waals surface area (Å²) in [4.78, 5) is 13.5. The normalized spacial score (nSPS) is 10.7. The number of carbonyl (C=O) groups excluding carboxylic acids is 1. The van der Waals surface area contributed by atoms with E-state index in [0.29, 0.717) is 13.1 Å². The zero-order valence-electron chi connectivity index (χ0n) is 9.53. The maximum absolute atomic E-state index is 11.5. The summed E-state index contributed by atoms with van der Waals surface area (Å²) in [7, 11) is 3.95. The van der Waals surface area contributed by atoms with Crippen LogP contribution in [0.3, 0.4) is 0 Å². The quantitative estimate of drug-likeness (QED) is 0.736. The van der Waals surface area contributed by atoms with Crippen molar-refractivity contribution in [3.8, 4) is 0 Å². The second-order valence-electron chi connectivity index (χ2n) is 3.78. The monoisotopic (exact) mass is 210 g/mol. The summed E-state index contributed by atoms with van der Waals surface area (Å²) in [5.41, 5.74) is 0.998. The number of amides is 1. The van der Waals surface area contributed by atoms with Gasteiger partial charge in [0.25, 0.3) is 0 Å². The van der Waals surface area contributed by atoms with Gasteiger partial charge in [0.15, 0.2) is 0 Å². The predicted molar refractivity (Wildman–Crippen MR) is 58.5 cm³/mol. The molecule has 0 saturated carbocycles. The average molecular weight is 210 g/mol. The summed E-state index contributed by atoms with van der Waals surface area (Å²) >= 11 is 0. The van der Waals surface area contributed by atoms with Crippen molar-refractivity contribution < 1.29 is 4.79 Å². The minimum Gasteiger partial charge on any atom is -0.353 e. The van der Waals surface area contributed by atoms with E-state index in [0.717, 1.165) is 12.2 Å². The van der Waals surface area contributed by atoms with Crippen LogP contribution in [0.15, 0.2) is 12.3 Å². The minimum absolute atomic E-state index is 0.00338. The number of aryl methyl sites for hydroxylation is 1. The molecule has 0 atom stereocenters. The number of rotatable bonds is 5. The van der Waals surface area contributed by atoms with Crippen molar-refractivity contribution in [1.82, 2.24) is 20.0 Å². The number of hydrogen-bond donors (Lipinski definition) is 1. The standard InChI is InChI=1S/C10H18N4O/c1-9-4-5-12-14(9)8-10(15)11-6-7-13(2)3/h4-5H,6-8H2,1-3H3,(H,11,15). The summed E-state index contributed by atoms with van der Waals surface area (Å²) in [5.74, 6) is 0.00338. The Balaban J connectivity index is 2.28. The van der Waals surface area contributed by atoms with E-state index < -0.39 is 0 Å². The summed E-state index contributed by atoms with van der Waals surface area (Å²) in [6, 6.07) is 1.88. The lowest BCUT2D eigenvalue weighted by Gasteiger charge is -2.10. The minimum atomic E-state index is 0.00338. The van der Waals surface area contributed by atoms with E-state index in [9.17, 15) is 4.79 Å². The molecular formula is C10H18N4O. The molecule has 0 spiro atoms. The van der Waals surface area contributed by atoms with Gasteiger partial charge in [-0.2, -0.15) is 5.10 Å². The molecule has 1 aromatic heterocycles. The van der Waals surface area contributed by atoms with Crippen molar-refractivity contribution >= 4 is 5.91 Å². The first-order valence-corrected chi connectivity index (χ1v) is 4.99. The summed E-state index contributed by atoms with van der Waals surface area (Å²) in [6.45, 7) is 3.75. The fraction of sp³-hybridized carbons (Fsp3) is 0.600. The van der Waals surface area contributed by atoms with E-state index in [-0.39, 0.29) is 5.91 Å². The van der Waals surface area contributed by atoms with Crippen LogP contribution >= 0.6 is 0 Å². The van der Waals surface area contributed by atoms with Crippen LogP contribution in [-0.4, -0.2) is 47.8 Å². The van der Waals surface area contributed by atoms with Gasteiger partial charge in [-0.05, 0) is 27.1 Å². The van der Waals surface area contributed by atoms with Crippen LogP contribution in [0, 0.1) is 6.92 Å². The molecule has 84 valence electrons. The van der Waals surface area contributed by atoms with E-state index in [2.05, 4.69) is 10.4 Å². The second-order valence-corrected chi connectivity index (χ2v) is 3.78. The highest BCUT2D eigenvalue weighted by atomic mass is 16.2. The van der Waals surface area contributed by atoms with Gasteiger partial charge in [-0.1, -0.05) is 0 Å². The smallest absolute Gasteiger partial charge is 0.241 e. The molecule has 1 amide bonds.